The number of nitrogen functional groups attached to an aromatic ring is 1. The molecule has 2 aromatic heterocycles. The number of nitrogens with two attached hydrogens (primary N) is 1. The number of nitrogens with zero attached hydrogens (tertiary/aromatic N) is 1. The lowest BCUT2D eigenvalue weighted by Gasteiger charge is -2.21. The molecule has 0 spiro atoms. The number of carbonyl (C=O) groups excluding carboxylic acids is 1. The molecule has 0 aliphatic carbocycles. The van der Waals surface area contributed by atoms with Crippen molar-refractivity contribution < 1.29 is 14.3 Å². The van der Waals surface area contributed by atoms with E-state index in [1.807, 2.05) is 32.2 Å². The number of alkyl carbamates (subject to hydrolysis) is 1. The largest absolute Gasteiger partial charge is 0.496 e. The number of pyridine rings is 1. The molecule has 3 N–H and O–H groups in total. The predicted octanol–water partition coefficient (Wildman–Crippen LogP) is 6.99. The second-order valence-corrected chi connectivity index (χ2v) is 10.5. The Kier molecular flexibility index (Phi) is 6.60. The summed E-state index contributed by atoms with van der Waals surface area (Å²) in [5.41, 5.74) is 9.33. The topological polar surface area (TPSA) is 86.5 Å². The van der Waals surface area contributed by atoms with Crippen LogP contribution in [0.2, 0.25) is 5.02 Å². The normalized spacial score (nSPS) is 12.6. The third kappa shape index (κ3) is 4.76. The lowest BCUT2D eigenvalue weighted by Crippen LogP contribution is -2.34. The minimum Gasteiger partial charge on any atom is -0.496 e. The van der Waals surface area contributed by atoms with Crippen LogP contribution in [0.3, 0.4) is 0 Å². The van der Waals surface area contributed by atoms with E-state index in [0.29, 0.717) is 28.7 Å². The Morgan fingerprint density at radius 3 is 2.59 bits per heavy atom. The zero-order chi connectivity index (χ0) is 24.6. The fourth-order valence-electron chi connectivity index (χ4n) is 3.96. The minimum atomic E-state index is -0.525. The third-order valence-electron chi connectivity index (χ3n) is 5.56. The molecule has 0 bridgehead atoms. The number of amides is 1. The molecule has 0 unspecified atom stereocenters. The number of halogens is 1. The Labute approximate surface area is 208 Å². The highest BCUT2D eigenvalue weighted by atomic mass is 35.5. The average molecular weight is 498 g/mol. The standard InChI is InChI=1S/C26H28ClN3O3S/c1-14(13-29-25(31)33-26(2,3)4)15-6-8-16(9-7-15)20-19(32-5)12-18(27)22-21(20)17-10-11-34-23(17)24(28)30-22/h6-12,14H,13H2,1-5H3,(H2,28,30)(H,29,31)/t14-/m0/s1. The number of aromatic nitrogens is 1. The van der Waals surface area contributed by atoms with Crippen LogP contribution in [-0.4, -0.2) is 30.3 Å². The molecule has 6 nitrogen and oxygen atoms in total. The molecule has 0 aliphatic heterocycles. The summed E-state index contributed by atoms with van der Waals surface area (Å²) in [4.78, 5) is 16.6. The van der Waals surface area contributed by atoms with Gasteiger partial charge in [-0.2, -0.15) is 0 Å². The Hall–Kier alpha value is -3.03. The van der Waals surface area contributed by atoms with Crippen LogP contribution in [0.25, 0.3) is 32.1 Å². The van der Waals surface area contributed by atoms with Crippen LogP contribution < -0.4 is 15.8 Å². The van der Waals surface area contributed by atoms with Gasteiger partial charge in [-0.3, -0.25) is 0 Å². The molecule has 0 radical (unpaired) electrons. The number of methoxy groups -OCH3 is 1. The van der Waals surface area contributed by atoms with E-state index in [1.165, 1.54) is 0 Å². The molecule has 4 aromatic rings. The number of rotatable bonds is 5. The number of anilines is 1. The maximum absolute atomic E-state index is 12.0. The fraction of sp³-hybridized carbons (Fsp3) is 0.308. The number of thiophene rings is 1. The van der Waals surface area contributed by atoms with Crippen molar-refractivity contribution >= 4 is 55.8 Å². The van der Waals surface area contributed by atoms with Crippen LogP contribution >= 0.6 is 22.9 Å². The van der Waals surface area contributed by atoms with E-state index >= 15 is 0 Å². The van der Waals surface area contributed by atoms with Gasteiger partial charge >= 0.3 is 6.09 Å². The summed E-state index contributed by atoms with van der Waals surface area (Å²) in [6.07, 6.45) is -0.417. The number of nitrogens with one attached hydrogen (secondary N) is 1. The molecule has 1 amide bonds. The van der Waals surface area contributed by atoms with Gasteiger partial charge in [-0.15, -0.1) is 11.3 Å². The summed E-state index contributed by atoms with van der Waals surface area (Å²) in [6, 6.07) is 12.1. The Morgan fingerprint density at radius 1 is 1.24 bits per heavy atom. The van der Waals surface area contributed by atoms with Gasteiger partial charge < -0.3 is 20.5 Å². The molecule has 178 valence electrons. The lowest BCUT2D eigenvalue weighted by atomic mass is 9.94. The van der Waals surface area contributed by atoms with Gasteiger partial charge in [0.25, 0.3) is 0 Å². The molecule has 2 aromatic carbocycles. The lowest BCUT2D eigenvalue weighted by molar-refractivity contribution is 0.0525. The van der Waals surface area contributed by atoms with E-state index in [0.717, 1.165) is 32.2 Å². The number of ether oxygens (including phenoxy) is 2. The SMILES string of the molecule is COc1cc(Cl)c2nc(N)c3sccc3c2c1-c1ccc([C@@H](C)CNC(=O)OC(C)(C)C)cc1. The molecule has 2 heterocycles. The highest BCUT2D eigenvalue weighted by molar-refractivity contribution is 7.18. The van der Waals surface area contributed by atoms with Crippen molar-refractivity contribution in [2.45, 2.75) is 39.2 Å². The van der Waals surface area contributed by atoms with Crippen LogP contribution in [0.4, 0.5) is 10.6 Å². The maximum atomic E-state index is 12.0. The van der Waals surface area contributed by atoms with Gasteiger partial charge in [-0.05, 0) is 49.3 Å². The van der Waals surface area contributed by atoms with Gasteiger partial charge in [0.05, 0.1) is 22.3 Å². The molecule has 0 aliphatic rings. The number of benzene rings is 2. The van der Waals surface area contributed by atoms with E-state index in [1.54, 1.807) is 24.5 Å². The predicted molar refractivity (Wildman–Crippen MR) is 141 cm³/mol. The minimum absolute atomic E-state index is 0.107. The second-order valence-electron chi connectivity index (χ2n) is 9.23. The van der Waals surface area contributed by atoms with Gasteiger partial charge in [-0.25, -0.2) is 9.78 Å². The number of carbonyl (C=O) groups is 1. The van der Waals surface area contributed by atoms with E-state index in [4.69, 9.17) is 26.8 Å². The molecular formula is C26H28ClN3O3S. The zero-order valence-corrected chi connectivity index (χ0v) is 21.4. The first-order chi connectivity index (χ1) is 16.1. The summed E-state index contributed by atoms with van der Waals surface area (Å²) in [6.45, 7) is 8.07. The summed E-state index contributed by atoms with van der Waals surface area (Å²) in [5, 5.41) is 7.26. The highest BCUT2D eigenvalue weighted by Gasteiger charge is 2.20. The van der Waals surface area contributed by atoms with Crippen LogP contribution in [0.1, 0.15) is 39.2 Å². The number of fused-ring (bicyclic) bond motifs is 3. The van der Waals surface area contributed by atoms with Crippen LogP contribution in [0, 0.1) is 0 Å². The molecule has 1 atom stereocenters. The molecule has 8 heteroatoms. The highest BCUT2D eigenvalue weighted by Crippen LogP contribution is 2.45. The van der Waals surface area contributed by atoms with Gasteiger partial charge in [0.1, 0.15) is 17.2 Å². The van der Waals surface area contributed by atoms with Crippen molar-refractivity contribution in [1.82, 2.24) is 10.3 Å². The summed E-state index contributed by atoms with van der Waals surface area (Å²) in [5.74, 6) is 1.25. The van der Waals surface area contributed by atoms with Gasteiger partial charge in [-0.1, -0.05) is 42.8 Å². The first kappa shape index (κ1) is 24.1. The monoisotopic (exact) mass is 497 g/mol. The molecule has 0 saturated carbocycles. The van der Waals surface area contributed by atoms with Crippen molar-refractivity contribution in [2.24, 2.45) is 0 Å². The smallest absolute Gasteiger partial charge is 0.407 e. The van der Waals surface area contributed by atoms with Crippen LogP contribution in [0.15, 0.2) is 41.8 Å². The van der Waals surface area contributed by atoms with Crippen molar-refractivity contribution in [3.05, 3.63) is 52.4 Å². The van der Waals surface area contributed by atoms with Gasteiger partial charge in [0, 0.05) is 28.9 Å². The van der Waals surface area contributed by atoms with Gasteiger partial charge in [0.2, 0.25) is 0 Å². The van der Waals surface area contributed by atoms with E-state index in [-0.39, 0.29) is 5.92 Å². The summed E-state index contributed by atoms with van der Waals surface area (Å²) >= 11 is 8.12. The molecule has 0 saturated heterocycles. The zero-order valence-electron chi connectivity index (χ0n) is 19.9. The summed E-state index contributed by atoms with van der Waals surface area (Å²) < 4.78 is 12.0. The van der Waals surface area contributed by atoms with E-state index < -0.39 is 11.7 Å². The van der Waals surface area contributed by atoms with Crippen molar-refractivity contribution in [3.8, 4) is 16.9 Å². The number of hydrogen-bond donors (Lipinski definition) is 2. The number of hydrogen-bond acceptors (Lipinski definition) is 6. The molecule has 0 fully saturated rings. The van der Waals surface area contributed by atoms with Crippen LogP contribution in [0.5, 0.6) is 5.75 Å². The van der Waals surface area contributed by atoms with Crippen molar-refractivity contribution in [2.75, 3.05) is 19.4 Å². The molecule has 34 heavy (non-hydrogen) atoms. The molecular weight excluding hydrogens is 470 g/mol. The quantitative estimate of drug-likeness (QED) is 0.310. The second kappa shape index (κ2) is 9.31. The average Bonchev–Trinajstić information content (AvgIpc) is 3.28. The molecule has 4 rings (SSSR count). The van der Waals surface area contributed by atoms with Gasteiger partial charge in [0.15, 0.2) is 0 Å². The van der Waals surface area contributed by atoms with Crippen LogP contribution in [-0.2, 0) is 4.74 Å². The first-order valence-electron chi connectivity index (χ1n) is 11.0. The van der Waals surface area contributed by atoms with Crippen molar-refractivity contribution in [1.29, 1.82) is 0 Å². The first-order valence-corrected chi connectivity index (χ1v) is 12.2. The Morgan fingerprint density at radius 2 is 1.94 bits per heavy atom. The Balaban J connectivity index is 1.70. The maximum Gasteiger partial charge on any atom is 0.407 e. The third-order valence-corrected chi connectivity index (χ3v) is 6.78. The summed E-state index contributed by atoms with van der Waals surface area (Å²) in [7, 11) is 1.63. The fourth-order valence-corrected chi connectivity index (χ4v) is 5.00. The Bertz CT molecular complexity index is 1360. The van der Waals surface area contributed by atoms with E-state index in [2.05, 4.69) is 41.5 Å². The van der Waals surface area contributed by atoms with E-state index in [9.17, 15) is 4.79 Å². The van der Waals surface area contributed by atoms with Crippen molar-refractivity contribution in [3.63, 3.8) is 0 Å².